The van der Waals surface area contributed by atoms with Gasteiger partial charge in [-0.3, -0.25) is 0 Å². The minimum Gasteiger partial charge on any atom is -0.377 e. The van der Waals surface area contributed by atoms with Crippen LogP contribution in [0.4, 0.5) is 0 Å². The summed E-state index contributed by atoms with van der Waals surface area (Å²) in [7, 11) is 0. The lowest BCUT2D eigenvalue weighted by molar-refractivity contribution is 0.0826. The van der Waals surface area contributed by atoms with Crippen molar-refractivity contribution in [3.8, 4) is 0 Å². The molecule has 0 saturated heterocycles. The summed E-state index contributed by atoms with van der Waals surface area (Å²) in [6, 6.07) is 0. The minimum absolute atomic E-state index is 0.227. The first kappa shape index (κ1) is 6.92. The quantitative estimate of drug-likeness (QED) is 0.560. The van der Waals surface area contributed by atoms with Crippen LogP contribution in [0.5, 0.6) is 0 Å². The lowest BCUT2D eigenvalue weighted by atomic mass is 10.4. The first-order chi connectivity index (χ1) is 3.31. The van der Waals surface area contributed by atoms with Gasteiger partial charge in [-0.25, -0.2) is 0 Å². The van der Waals surface area contributed by atoms with Gasteiger partial charge in [0.2, 0.25) is 0 Å². The molecule has 2 heteroatoms. The molecule has 0 amide bonds. The fourth-order valence-electron chi connectivity index (χ4n) is 0.353. The van der Waals surface area contributed by atoms with E-state index in [4.69, 9.17) is 10.5 Å². The molecule has 0 radical (unpaired) electrons. The standard InChI is InChI=1S/C5H13NO/c1-3-7-5(2)4-6/h5H,3-4,6H2,1-2H3/t5-/m1/s1. The fraction of sp³-hybridized carbons (Fsp3) is 1.00. The van der Waals surface area contributed by atoms with Gasteiger partial charge in [-0.05, 0) is 13.8 Å². The van der Waals surface area contributed by atoms with E-state index >= 15 is 0 Å². The zero-order chi connectivity index (χ0) is 5.70. The van der Waals surface area contributed by atoms with Crippen LogP contribution in [-0.4, -0.2) is 19.3 Å². The third-order valence-corrected chi connectivity index (χ3v) is 0.783. The first-order valence-electron chi connectivity index (χ1n) is 2.63. The lowest BCUT2D eigenvalue weighted by Gasteiger charge is -2.05. The Bertz CT molecular complexity index is 39.1. The lowest BCUT2D eigenvalue weighted by Crippen LogP contribution is -2.19. The van der Waals surface area contributed by atoms with Crippen LogP contribution in [0.15, 0.2) is 0 Å². The smallest absolute Gasteiger partial charge is 0.0669 e. The Kier molecular flexibility index (Phi) is 4.04. The molecule has 0 aliphatic carbocycles. The van der Waals surface area contributed by atoms with E-state index in [9.17, 15) is 0 Å². The Morgan fingerprint density at radius 3 is 2.43 bits per heavy atom. The zero-order valence-corrected chi connectivity index (χ0v) is 4.98. The van der Waals surface area contributed by atoms with E-state index in [-0.39, 0.29) is 6.10 Å². The Hall–Kier alpha value is -0.0800. The summed E-state index contributed by atoms with van der Waals surface area (Å²) in [4.78, 5) is 0. The summed E-state index contributed by atoms with van der Waals surface area (Å²) in [6.07, 6.45) is 0.227. The average Bonchev–Trinajstić information content (AvgIpc) is 1.68. The van der Waals surface area contributed by atoms with Crippen molar-refractivity contribution in [3.05, 3.63) is 0 Å². The Morgan fingerprint density at radius 2 is 2.29 bits per heavy atom. The highest BCUT2D eigenvalue weighted by atomic mass is 16.5. The van der Waals surface area contributed by atoms with Gasteiger partial charge in [0.15, 0.2) is 0 Å². The molecular formula is C5H13NO. The number of ether oxygens (including phenoxy) is 1. The van der Waals surface area contributed by atoms with Crippen LogP contribution in [-0.2, 0) is 4.74 Å². The molecule has 0 aromatic rings. The van der Waals surface area contributed by atoms with Crippen molar-refractivity contribution < 1.29 is 4.74 Å². The van der Waals surface area contributed by atoms with Crippen molar-refractivity contribution in [1.29, 1.82) is 0 Å². The molecule has 2 N–H and O–H groups in total. The third-order valence-electron chi connectivity index (χ3n) is 0.783. The summed E-state index contributed by atoms with van der Waals surface area (Å²) >= 11 is 0. The monoisotopic (exact) mass is 103 g/mol. The van der Waals surface area contributed by atoms with E-state index in [0.29, 0.717) is 6.54 Å². The molecule has 44 valence electrons. The van der Waals surface area contributed by atoms with Gasteiger partial charge < -0.3 is 10.5 Å². The molecule has 2 nitrogen and oxygen atoms in total. The predicted molar refractivity (Wildman–Crippen MR) is 30.1 cm³/mol. The molecule has 0 unspecified atom stereocenters. The summed E-state index contributed by atoms with van der Waals surface area (Å²) in [5.74, 6) is 0. The molecule has 1 atom stereocenters. The van der Waals surface area contributed by atoms with Crippen molar-refractivity contribution in [2.75, 3.05) is 13.2 Å². The van der Waals surface area contributed by atoms with Crippen LogP contribution < -0.4 is 5.73 Å². The molecular weight excluding hydrogens is 90.1 g/mol. The summed E-state index contributed by atoms with van der Waals surface area (Å²) in [5, 5.41) is 0. The van der Waals surface area contributed by atoms with E-state index in [1.54, 1.807) is 0 Å². The van der Waals surface area contributed by atoms with Gasteiger partial charge in [0.25, 0.3) is 0 Å². The summed E-state index contributed by atoms with van der Waals surface area (Å²) < 4.78 is 5.07. The molecule has 0 aromatic heterocycles. The second-order valence-corrected chi connectivity index (χ2v) is 1.50. The second-order valence-electron chi connectivity index (χ2n) is 1.50. The van der Waals surface area contributed by atoms with Crippen molar-refractivity contribution in [3.63, 3.8) is 0 Å². The Labute approximate surface area is 44.7 Å². The minimum atomic E-state index is 0.227. The molecule has 7 heavy (non-hydrogen) atoms. The number of nitrogens with two attached hydrogens (primary N) is 1. The Morgan fingerprint density at radius 1 is 1.71 bits per heavy atom. The van der Waals surface area contributed by atoms with Crippen LogP contribution in [0.3, 0.4) is 0 Å². The largest absolute Gasteiger partial charge is 0.377 e. The topological polar surface area (TPSA) is 35.2 Å². The maximum Gasteiger partial charge on any atom is 0.0669 e. The zero-order valence-electron chi connectivity index (χ0n) is 4.98. The van der Waals surface area contributed by atoms with Gasteiger partial charge in [0, 0.05) is 13.2 Å². The van der Waals surface area contributed by atoms with Crippen molar-refractivity contribution >= 4 is 0 Å². The highest BCUT2D eigenvalue weighted by Crippen LogP contribution is 1.83. The maximum absolute atomic E-state index is 5.23. The van der Waals surface area contributed by atoms with E-state index in [1.165, 1.54) is 0 Å². The van der Waals surface area contributed by atoms with E-state index in [1.807, 2.05) is 13.8 Å². The molecule has 0 aliphatic heterocycles. The third kappa shape index (κ3) is 3.76. The molecule has 0 aliphatic rings. The summed E-state index contributed by atoms with van der Waals surface area (Å²) in [6.45, 7) is 5.31. The Balaban J connectivity index is 2.83. The highest BCUT2D eigenvalue weighted by molar-refractivity contribution is 4.45. The first-order valence-corrected chi connectivity index (χ1v) is 2.63. The average molecular weight is 103 g/mol. The normalized spacial score (nSPS) is 14.1. The maximum atomic E-state index is 5.23. The van der Waals surface area contributed by atoms with Crippen molar-refractivity contribution in [2.45, 2.75) is 20.0 Å². The van der Waals surface area contributed by atoms with Gasteiger partial charge in [-0.2, -0.15) is 0 Å². The van der Waals surface area contributed by atoms with E-state index in [0.717, 1.165) is 6.61 Å². The second kappa shape index (κ2) is 4.09. The van der Waals surface area contributed by atoms with Gasteiger partial charge in [-0.15, -0.1) is 0 Å². The van der Waals surface area contributed by atoms with Gasteiger partial charge in [0.05, 0.1) is 6.10 Å². The van der Waals surface area contributed by atoms with Crippen molar-refractivity contribution in [1.82, 2.24) is 0 Å². The van der Waals surface area contributed by atoms with Gasteiger partial charge in [-0.1, -0.05) is 0 Å². The predicted octanol–water partition coefficient (Wildman–Crippen LogP) is 0.370. The summed E-state index contributed by atoms with van der Waals surface area (Å²) in [5.41, 5.74) is 5.23. The van der Waals surface area contributed by atoms with Crippen LogP contribution in [0, 0.1) is 0 Å². The van der Waals surface area contributed by atoms with Crippen molar-refractivity contribution in [2.24, 2.45) is 5.73 Å². The molecule has 0 spiro atoms. The molecule has 0 bridgehead atoms. The highest BCUT2D eigenvalue weighted by Gasteiger charge is 1.92. The number of rotatable bonds is 3. The molecule has 0 fully saturated rings. The van der Waals surface area contributed by atoms with E-state index in [2.05, 4.69) is 0 Å². The molecule has 0 heterocycles. The number of hydrogen-bond donors (Lipinski definition) is 1. The van der Waals surface area contributed by atoms with Crippen LogP contribution in [0.25, 0.3) is 0 Å². The SMILES string of the molecule is CCO[C@H](C)CN. The van der Waals surface area contributed by atoms with Gasteiger partial charge in [0.1, 0.15) is 0 Å². The van der Waals surface area contributed by atoms with Crippen LogP contribution in [0.1, 0.15) is 13.8 Å². The molecule has 0 rings (SSSR count). The molecule has 0 aromatic carbocycles. The number of hydrogen-bond acceptors (Lipinski definition) is 2. The van der Waals surface area contributed by atoms with Gasteiger partial charge >= 0.3 is 0 Å². The fourth-order valence-corrected chi connectivity index (χ4v) is 0.353. The van der Waals surface area contributed by atoms with Crippen LogP contribution >= 0.6 is 0 Å². The van der Waals surface area contributed by atoms with Crippen LogP contribution in [0.2, 0.25) is 0 Å². The van der Waals surface area contributed by atoms with E-state index < -0.39 is 0 Å². The molecule has 0 saturated carbocycles.